The van der Waals surface area contributed by atoms with Crippen LogP contribution < -0.4 is 11.1 Å². The second-order valence-electron chi connectivity index (χ2n) is 5.88. The summed E-state index contributed by atoms with van der Waals surface area (Å²) in [5.74, 6) is 0.0994. The van der Waals surface area contributed by atoms with Crippen LogP contribution in [0.3, 0.4) is 0 Å². The summed E-state index contributed by atoms with van der Waals surface area (Å²) < 4.78 is 6.06. The lowest BCUT2D eigenvalue weighted by molar-refractivity contribution is -0.124. The number of carbonyl (C=O) groups is 1. The van der Waals surface area contributed by atoms with Gasteiger partial charge in [-0.15, -0.1) is 12.4 Å². The predicted molar refractivity (Wildman–Crippen MR) is 85.2 cm³/mol. The Bertz CT molecular complexity index is 267. The highest BCUT2D eigenvalue weighted by atomic mass is 35.5. The smallest absolute Gasteiger partial charge is 0.220 e. The van der Waals surface area contributed by atoms with Crippen molar-refractivity contribution in [3.63, 3.8) is 0 Å². The molecule has 1 aliphatic rings. The van der Waals surface area contributed by atoms with E-state index in [9.17, 15) is 4.79 Å². The molecule has 4 nitrogen and oxygen atoms in total. The van der Waals surface area contributed by atoms with Gasteiger partial charge in [-0.1, -0.05) is 26.2 Å². The van der Waals surface area contributed by atoms with Crippen molar-refractivity contribution in [3.8, 4) is 0 Å². The molecule has 1 aliphatic carbocycles. The van der Waals surface area contributed by atoms with Gasteiger partial charge in [0.2, 0.25) is 5.91 Å². The standard InChI is InChI=1S/C15H30N2O2.ClH/c1-3-11-19-15(9-5-4-6-10-15)12-17-14(18)8-7-13(2)16;/h13H,3-12,16H2,1-2H3,(H,17,18);1H. The fourth-order valence-electron chi connectivity index (χ4n) is 2.59. The van der Waals surface area contributed by atoms with Crippen LogP contribution in [-0.4, -0.2) is 30.7 Å². The van der Waals surface area contributed by atoms with Gasteiger partial charge in [0.05, 0.1) is 5.60 Å². The largest absolute Gasteiger partial charge is 0.373 e. The molecule has 120 valence electrons. The molecule has 3 N–H and O–H groups in total. The summed E-state index contributed by atoms with van der Waals surface area (Å²) in [7, 11) is 0. The summed E-state index contributed by atoms with van der Waals surface area (Å²) in [6.45, 7) is 5.50. The molecule has 0 saturated heterocycles. The second kappa shape index (κ2) is 10.4. The van der Waals surface area contributed by atoms with Crippen LogP contribution >= 0.6 is 12.4 Å². The van der Waals surface area contributed by atoms with E-state index in [1.807, 2.05) is 6.92 Å². The molecule has 20 heavy (non-hydrogen) atoms. The van der Waals surface area contributed by atoms with E-state index >= 15 is 0 Å². The van der Waals surface area contributed by atoms with Crippen LogP contribution in [0.15, 0.2) is 0 Å². The molecule has 0 heterocycles. The zero-order valence-corrected chi connectivity index (χ0v) is 13.8. The van der Waals surface area contributed by atoms with Crippen molar-refractivity contribution in [3.05, 3.63) is 0 Å². The van der Waals surface area contributed by atoms with Gasteiger partial charge >= 0.3 is 0 Å². The number of amides is 1. The van der Waals surface area contributed by atoms with Crippen LogP contribution in [0.25, 0.3) is 0 Å². The number of carbonyl (C=O) groups excluding carboxylic acids is 1. The van der Waals surface area contributed by atoms with Crippen molar-refractivity contribution >= 4 is 18.3 Å². The lowest BCUT2D eigenvalue weighted by Gasteiger charge is -2.37. The lowest BCUT2D eigenvalue weighted by Crippen LogP contribution is -2.46. The minimum absolute atomic E-state index is 0. The van der Waals surface area contributed by atoms with Gasteiger partial charge in [0.1, 0.15) is 0 Å². The van der Waals surface area contributed by atoms with Crippen LogP contribution in [0.4, 0.5) is 0 Å². The second-order valence-corrected chi connectivity index (χ2v) is 5.88. The Morgan fingerprint density at radius 3 is 2.55 bits per heavy atom. The summed E-state index contributed by atoms with van der Waals surface area (Å²) in [6, 6.07) is 0.0886. The van der Waals surface area contributed by atoms with E-state index in [0.717, 1.165) is 32.3 Å². The van der Waals surface area contributed by atoms with E-state index < -0.39 is 0 Å². The maximum absolute atomic E-state index is 11.8. The minimum atomic E-state index is -0.113. The van der Waals surface area contributed by atoms with Crippen molar-refractivity contribution in [1.82, 2.24) is 5.32 Å². The van der Waals surface area contributed by atoms with Crippen molar-refractivity contribution < 1.29 is 9.53 Å². The molecule has 0 aromatic rings. The first kappa shape index (κ1) is 19.7. The SMILES string of the molecule is CCCOC1(CNC(=O)CCC(C)N)CCCCC1.Cl. The minimum Gasteiger partial charge on any atom is -0.373 e. The molecule has 1 fully saturated rings. The summed E-state index contributed by atoms with van der Waals surface area (Å²) in [5, 5.41) is 3.04. The molecular weight excluding hydrogens is 276 g/mol. The number of nitrogens with two attached hydrogens (primary N) is 1. The normalized spacial score (nSPS) is 18.9. The number of rotatable bonds is 8. The summed E-state index contributed by atoms with van der Waals surface area (Å²) in [4.78, 5) is 11.8. The van der Waals surface area contributed by atoms with Crippen molar-refractivity contribution in [1.29, 1.82) is 0 Å². The third-order valence-corrected chi connectivity index (χ3v) is 3.81. The number of hydrogen-bond donors (Lipinski definition) is 2. The Morgan fingerprint density at radius 2 is 2.00 bits per heavy atom. The molecular formula is C15H31ClN2O2. The monoisotopic (exact) mass is 306 g/mol. The summed E-state index contributed by atoms with van der Waals surface area (Å²) in [5.41, 5.74) is 5.55. The van der Waals surface area contributed by atoms with Gasteiger partial charge in [-0.2, -0.15) is 0 Å². The summed E-state index contributed by atoms with van der Waals surface area (Å²) >= 11 is 0. The average Bonchev–Trinajstić information content (AvgIpc) is 2.42. The van der Waals surface area contributed by atoms with Crippen molar-refractivity contribution in [2.75, 3.05) is 13.2 Å². The molecule has 1 unspecified atom stereocenters. The third-order valence-electron chi connectivity index (χ3n) is 3.81. The first-order chi connectivity index (χ1) is 9.08. The average molecular weight is 307 g/mol. The van der Waals surface area contributed by atoms with Crippen LogP contribution in [0.2, 0.25) is 0 Å². The highest BCUT2D eigenvalue weighted by Crippen LogP contribution is 2.31. The van der Waals surface area contributed by atoms with Crippen LogP contribution in [0.1, 0.15) is 65.2 Å². The molecule has 0 radical (unpaired) electrons. The van der Waals surface area contributed by atoms with E-state index in [-0.39, 0.29) is 30.0 Å². The highest BCUT2D eigenvalue weighted by molar-refractivity contribution is 5.85. The van der Waals surface area contributed by atoms with E-state index in [2.05, 4.69) is 12.2 Å². The van der Waals surface area contributed by atoms with E-state index in [1.54, 1.807) is 0 Å². The van der Waals surface area contributed by atoms with Crippen molar-refractivity contribution in [2.45, 2.75) is 76.9 Å². The maximum Gasteiger partial charge on any atom is 0.220 e. The Labute approximate surface area is 129 Å². The number of hydrogen-bond acceptors (Lipinski definition) is 3. The van der Waals surface area contributed by atoms with Crippen molar-refractivity contribution in [2.24, 2.45) is 5.73 Å². The third kappa shape index (κ3) is 7.46. The molecule has 0 aromatic carbocycles. The molecule has 1 rings (SSSR count). The zero-order valence-electron chi connectivity index (χ0n) is 13.0. The fraction of sp³-hybridized carbons (Fsp3) is 0.933. The molecule has 1 amide bonds. The molecule has 5 heteroatoms. The number of nitrogens with one attached hydrogen (secondary N) is 1. The summed E-state index contributed by atoms with van der Waals surface area (Å²) in [6.07, 6.45) is 8.13. The van der Waals surface area contributed by atoms with Gasteiger partial charge < -0.3 is 15.8 Å². The Morgan fingerprint density at radius 1 is 1.35 bits per heavy atom. The molecule has 1 saturated carbocycles. The number of halogens is 1. The predicted octanol–water partition coefficient (Wildman–Crippen LogP) is 2.78. The van der Waals surface area contributed by atoms with Crippen LogP contribution in [0, 0.1) is 0 Å². The number of ether oxygens (including phenoxy) is 1. The Hall–Kier alpha value is -0.320. The van der Waals surface area contributed by atoms with Crippen LogP contribution in [0.5, 0.6) is 0 Å². The van der Waals surface area contributed by atoms with E-state index in [4.69, 9.17) is 10.5 Å². The van der Waals surface area contributed by atoms with Gasteiger partial charge in [0.15, 0.2) is 0 Å². The molecule has 0 bridgehead atoms. The Kier molecular flexibility index (Phi) is 10.2. The Balaban J connectivity index is 0.00000361. The fourth-order valence-corrected chi connectivity index (χ4v) is 2.59. The first-order valence-corrected chi connectivity index (χ1v) is 7.74. The topological polar surface area (TPSA) is 64.3 Å². The quantitative estimate of drug-likeness (QED) is 0.725. The lowest BCUT2D eigenvalue weighted by atomic mass is 9.84. The van der Waals surface area contributed by atoms with Crippen LogP contribution in [-0.2, 0) is 9.53 Å². The van der Waals surface area contributed by atoms with E-state index in [0.29, 0.717) is 13.0 Å². The van der Waals surface area contributed by atoms with Gasteiger partial charge in [-0.25, -0.2) is 0 Å². The molecule has 0 aromatic heterocycles. The zero-order chi connectivity index (χ0) is 14.1. The first-order valence-electron chi connectivity index (χ1n) is 7.74. The maximum atomic E-state index is 11.8. The van der Waals surface area contributed by atoms with E-state index in [1.165, 1.54) is 19.3 Å². The molecule has 0 aliphatic heterocycles. The molecule has 0 spiro atoms. The van der Waals surface area contributed by atoms with Gasteiger partial charge in [-0.05, 0) is 32.6 Å². The molecule has 1 atom stereocenters. The highest BCUT2D eigenvalue weighted by Gasteiger charge is 2.33. The van der Waals surface area contributed by atoms with Gasteiger partial charge in [-0.3, -0.25) is 4.79 Å². The van der Waals surface area contributed by atoms with Gasteiger partial charge in [0.25, 0.3) is 0 Å². The van der Waals surface area contributed by atoms with Gasteiger partial charge in [0, 0.05) is 25.6 Å².